The fourth-order valence-corrected chi connectivity index (χ4v) is 1.95. The highest BCUT2D eigenvalue weighted by Crippen LogP contribution is 2.14. The second-order valence-corrected chi connectivity index (χ2v) is 4.43. The maximum absolute atomic E-state index is 12.2. The van der Waals surface area contributed by atoms with Crippen LogP contribution in [0.1, 0.15) is 28.7 Å². The van der Waals surface area contributed by atoms with E-state index in [1.165, 1.54) is 0 Å². The molecule has 0 aliphatic heterocycles. The maximum Gasteiger partial charge on any atom is 0.168 e. The summed E-state index contributed by atoms with van der Waals surface area (Å²) in [6.45, 7) is 2.05. The van der Waals surface area contributed by atoms with Crippen molar-refractivity contribution in [2.75, 3.05) is 7.11 Å². The van der Waals surface area contributed by atoms with E-state index in [0.29, 0.717) is 12.0 Å². The fraction of sp³-hybridized carbons (Fsp3) is 0.333. The molecule has 1 aromatic carbocycles. The van der Waals surface area contributed by atoms with Gasteiger partial charge in [0, 0.05) is 18.3 Å². The van der Waals surface area contributed by atoms with Gasteiger partial charge in [-0.2, -0.15) is 5.10 Å². The zero-order chi connectivity index (χ0) is 13.8. The largest absolute Gasteiger partial charge is 0.497 e. The summed E-state index contributed by atoms with van der Waals surface area (Å²) in [5, 5.41) is 4.35. The van der Waals surface area contributed by atoms with Crippen molar-refractivity contribution in [1.29, 1.82) is 0 Å². The minimum absolute atomic E-state index is 0.0910. The summed E-state index contributed by atoms with van der Waals surface area (Å²) in [6.07, 6.45) is 1.25. The number of benzene rings is 1. The summed E-state index contributed by atoms with van der Waals surface area (Å²) in [5.41, 5.74) is 2.65. The molecule has 0 bridgehead atoms. The molecule has 4 heteroatoms. The van der Waals surface area contributed by atoms with Gasteiger partial charge >= 0.3 is 0 Å². The number of methoxy groups -OCH3 is 1. The lowest BCUT2D eigenvalue weighted by Gasteiger charge is -2.03. The maximum atomic E-state index is 12.2. The minimum Gasteiger partial charge on any atom is -0.497 e. The Morgan fingerprint density at radius 2 is 2.00 bits per heavy atom. The quantitative estimate of drug-likeness (QED) is 0.774. The predicted octanol–water partition coefficient (Wildman–Crippen LogP) is 2.42. The number of rotatable bonds is 5. The van der Waals surface area contributed by atoms with Crippen molar-refractivity contribution in [3.05, 3.63) is 47.3 Å². The Morgan fingerprint density at radius 1 is 1.32 bits per heavy atom. The highest BCUT2D eigenvalue weighted by atomic mass is 16.5. The summed E-state index contributed by atoms with van der Waals surface area (Å²) < 4.78 is 6.86. The Hall–Kier alpha value is -2.10. The summed E-state index contributed by atoms with van der Waals surface area (Å²) in [6, 6.07) is 9.17. The minimum atomic E-state index is 0.0910. The number of aryl methyl sites for hydroxylation is 2. The molecule has 19 heavy (non-hydrogen) atoms. The molecule has 1 heterocycles. The van der Waals surface area contributed by atoms with Gasteiger partial charge in [0.05, 0.1) is 19.2 Å². The summed E-state index contributed by atoms with van der Waals surface area (Å²) in [7, 11) is 3.48. The number of Topliss-reactive ketones (excluding diaryl/α,β-unsaturated/α-hetero) is 1. The van der Waals surface area contributed by atoms with Crippen LogP contribution in [0.5, 0.6) is 5.75 Å². The highest BCUT2D eigenvalue weighted by molar-refractivity contribution is 5.97. The van der Waals surface area contributed by atoms with Crippen molar-refractivity contribution in [3.63, 3.8) is 0 Å². The van der Waals surface area contributed by atoms with Crippen LogP contribution in [0.15, 0.2) is 30.3 Å². The third-order valence-corrected chi connectivity index (χ3v) is 3.14. The molecule has 0 spiro atoms. The molecular formula is C15H18N2O2. The fourth-order valence-electron chi connectivity index (χ4n) is 1.95. The van der Waals surface area contributed by atoms with E-state index in [1.807, 2.05) is 13.1 Å². The zero-order valence-electron chi connectivity index (χ0n) is 11.5. The van der Waals surface area contributed by atoms with Crippen LogP contribution in [0.3, 0.4) is 0 Å². The molecule has 0 saturated carbocycles. The molecule has 0 atom stereocenters. The molecule has 1 aromatic heterocycles. The standard InChI is InChI=1S/C15H18N2O2/c1-4-12-9-13(17(2)16-12)10-15(18)11-5-7-14(19-3)8-6-11/h5-9H,4,10H2,1-3H3. The first-order chi connectivity index (χ1) is 9.13. The average Bonchev–Trinajstić information content (AvgIpc) is 2.79. The van der Waals surface area contributed by atoms with Gasteiger partial charge in [-0.3, -0.25) is 9.48 Å². The number of ether oxygens (including phenoxy) is 1. The Balaban J connectivity index is 2.13. The van der Waals surface area contributed by atoms with Crippen molar-refractivity contribution in [2.45, 2.75) is 19.8 Å². The first-order valence-corrected chi connectivity index (χ1v) is 6.33. The summed E-state index contributed by atoms with van der Waals surface area (Å²) in [4.78, 5) is 12.2. The van der Waals surface area contributed by atoms with Crippen LogP contribution < -0.4 is 4.74 Å². The molecule has 4 nitrogen and oxygen atoms in total. The first kappa shape index (κ1) is 13.3. The second-order valence-electron chi connectivity index (χ2n) is 4.43. The average molecular weight is 258 g/mol. The van der Waals surface area contributed by atoms with Gasteiger partial charge in [-0.15, -0.1) is 0 Å². The molecule has 0 saturated heterocycles. The molecule has 0 radical (unpaired) electrons. The Kier molecular flexibility index (Phi) is 4.00. The number of carbonyl (C=O) groups excluding carboxylic acids is 1. The van der Waals surface area contributed by atoms with Crippen LogP contribution in [0.25, 0.3) is 0 Å². The number of hydrogen-bond acceptors (Lipinski definition) is 3. The molecule has 0 unspecified atom stereocenters. The van der Waals surface area contributed by atoms with Gasteiger partial charge in [0.25, 0.3) is 0 Å². The summed E-state index contributed by atoms with van der Waals surface area (Å²) >= 11 is 0. The van der Waals surface area contributed by atoms with E-state index in [2.05, 4.69) is 12.0 Å². The first-order valence-electron chi connectivity index (χ1n) is 6.33. The lowest BCUT2D eigenvalue weighted by Crippen LogP contribution is -2.07. The van der Waals surface area contributed by atoms with Crippen molar-refractivity contribution in [3.8, 4) is 5.75 Å². The van der Waals surface area contributed by atoms with Gasteiger partial charge in [0.15, 0.2) is 5.78 Å². The zero-order valence-corrected chi connectivity index (χ0v) is 11.5. The second kappa shape index (κ2) is 5.69. The Labute approximate surface area is 113 Å². The van der Waals surface area contributed by atoms with Crippen molar-refractivity contribution in [1.82, 2.24) is 9.78 Å². The molecule has 2 aromatic rings. The van der Waals surface area contributed by atoms with Gasteiger partial charge in [0.2, 0.25) is 0 Å². The molecule has 2 rings (SSSR count). The van der Waals surface area contributed by atoms with E-state index in [9.17, 15) is 4.79 Å². The lowest BCUT2D eigenvalue weighted by atomic mass is 10.1. The predicted molar refractivity (Wildman–Crippen MR) is 73.6 cm³/mol. The van der Waals surface area contributed by atoms with Crippen molar-refractivity contribution < 1.29 is 9.53 Å². The van der Waals surface area contributed by atoms with E-state index in [1.54, 1.807) is 36.1 Å². The lowest BCUT2D eigenvalue weighted by molar-refractivity contribution is 0.0990. The SMILES string of the molecule is CCc1cc(CC(=O)c2ccc(OC)cc2)n(C)n1. The summed E-state index contributed by atoms with van der Waals surface area (Å²) in [5.74, 6) is 0.846. The number of carbonyl (C=O) groups is 1. The van der Waals surface area contributed by atoms with Crippen LogP contribution >= 0.6 is 0 Å². The van der Waals surface area contributed by atoms with Gasteiger partial charge < -0.3 is 4.74 Å². The molecule has 0 amide bonds. The third kappa shape index (κ3) is 3.02. The van der Waals surface area contributed by atoms with E-state index in [-0.39, 0.29) is 5.78 Å². The van der Waals surface area contributed by atoms with Crippen molar-refractivity contribution >= 4 is 5.78 Å². The van der Waals surface area contributed by atoms with E-state index in [4.69, 9.17) is 4.74 Å². The van der Waals surface area contributed by atoms with Crippen LogP contribution in [-0.4, -0.2) is 22.7 Å². The number of aromatic nitrogens is 2. The van der Waals surface area contributed by atoms with Crippen LogP contribution in [0, 0.1) is 0 Å². The number of ketones is 1. The Morgan fingerprint density at radius 3 is 2.53 bits per heavy atom. The molecule has 0 fully saturated rings. The van der Waals surface area contributed by atoms with Gasteiger partial charge in [-0.1, -0.05) is 6.92 Å². The molecule has 0 aliphatic rings. The molecule has 0 aliphatic carbocycles. The normalized spacial score (nSPS) is 10.5. The monoisotopic (exact) mass is 258 g/mol. The van der Waals surface area contributed by atoms with Crippen LogP contribution in [-0.2, 0) is 19.9 Å². The van der Waals surface area contributed by atoms with Gasteiger partial charge in [-0.25, -0.2) is 0 Å². The molecule has 100 valence electrons. The van der Waals surface area contributed by atoms with E-state index in [0.717, 1.165) is 23.6 Å². The van der Waals surface area contributed by atoms with Gasteiger partial charge in [0.1, 0.15) is 5.75 Å². The third-order valence-electron chi connectivity index (χ3n) is 3.14. The van der Waals surface area contributed by atoms with Crippen molar-refractivity contribution in [2.24, 2.45) is 7.05 Å². The smallest absolute Gasteiger partial charge is 0.168 e. The topological polar surface area (TPSA) is 44.1 Å². The van der Waals surface area contributed by atoms with E-state index >= 15 is 0 Å². The van der Waals surface area contributed by atoms with Gasteiger partial charge in [-0.05, 0) is 36.8 Å². The highest BCUT2D eigenvalue weighted by Gasteiger charge is 2.11. The van der Waals surface area contributed by atoms with Crippen LogP contribution in [0.2, 0.25) is 0 Å². The van der Waals surface area contributed by atoms with Crippen LogP contribution in [0.4, 0.5) is 0 Å². The molecule has 0 N–H and O–H groups in total. The Bertz CT molecular complexity index is 570. The number of nitrogens with zero attached hydrogens (tertiary/aromatic N) is 2. The molecular weight excluding hydrogens is 240 g/mol. The van der Waals surface area contributed by atoms with E-state index < -0.39 is 0 Å². The number of hydrogen-bond donors (Lipinski definition) is 0.